The first-order valence-corrected chi connectivity index (χ1v) is 21.3. The molecular weight excluding hydrogens is 736 g/mol. The van der Waals surface area contributed by atoms with Crippen molar-refractivity contribution in [2.24, 2.45) is 29.1 Å². The first kappa shape index (κ1) is 46.8. The van der Waals surface area contributed by atoms with Crippen LogP contribution in [0.4, 0.5) is 15.9 Å². The topological polar surface area (TPSA) is 178 Å². The summed E-state index contributed by atoms with van der Waals surface area (Å²) in [5.74, 6) is -4.41. The number of aromatic nitrogens is 1. The highest BCUT2D eigenvalue weighted by molar-refractivity contribution is 7.10. The molecular formula is C42H67FN6O6S. The third-order valence-electron chi connectivity index (χ3n) is 11.3. The Morgan fingerprint density at radius 3 is 2.43 bits per heavy atom. The van der Waals surface area contributed by atoms with Crippen molar-refractivity contribution in [3.8, 4) is 0 Å². The molecule has 1 fully saturated rings. The number of carboxylic acid groups (broad SMARTS) is 1. The number of hydrogen-bond acceptors (Lipinski definition) is 9. The summed E-state index contributed by atoms with van der Waals surface area (Å²) < 4.78 is 14.3. The van der Waals surface area contributed by atoms with Gasteiger partial charge in [0.1, 0.15) is 28.7 Å². The molecule has 1 aliphatic rings. The number of likely N-dealkylation sites (tertiary alicyclic amines) is 1. The largest absolute Gasteiger partial charge is 0.481 e. The molecule has 1 aliphatic heterocycles. The van der Waals surface area contributed by atoms with Crippen molar-refractivity contribution in [1.82, 2.24) is 20.1 Å². The number of rotatable bonds is 22. The summed E-state index contributed by atoms with van der Waals surface area (Å²) in [6.07, 6.45) is 6.40. The summed E-state index contributed by atoms with van der Waals surface area (Å²) in [5, 5.41) is 29.4. The molecule has 3 rings (SSSR count). The Kier molecular flexibility index (Phi) is 18.2. The minimum Gasteiger partial charge on any atom is -0.481 e. The lowest BCUT2D eigenvalue weighted by Crippen LogP contribution is -2.56. The maximum atomic E-state index is 14.7. The summed E-state index contributed by atoms with van der Waals surface area (Å²) in [7, 11) is 2.00. The van der Waals surface area contributed by atoms with Gasteiger partial charge in [-0.15, -0.1) is 11.3 Å². The standard InChI is InChI=1S/C42H67FN6O6S/c1-9-11-12-14-20-49(40(53)36(27(5)10-2)38(52)47-35-16-13-15-19-48(35)8)32(26(3)4)23-33(50)39-46-34(25-56-39)45-37(51)29(24-42(6,7)41(54)55)21-28-17-18-31(44)30(43)22-28/h17-18,22,25-27,29,32-33,35-36,50H,9-16,19-21,23-24,44H2,1-8H3,(H,45,51)(H,47,52)(H,54,55)/t27-,29-,32+,33+,35+,36-/m0/s1. The fourth-order valence-corrected chi connectivity index (χ4v) is 8.19. The molecule has 0 saturated carbocycles. The van der Waals surface area contributed by atoms with E-state index in [2.05, 4.69) is 27.4 Å². The molecule has 0 radical (unpaired) electrons. The molecule has 56 heavy (non-hydrogen) atoms. The lowest BCUT2D eigenvalue weighted by Gasteiger charge is -2.39. The average molecular weight is 803 g/mol. The third kappa shape index (κ3) is 13.2. The van der Waals surface area contributed by atoms with E-state index in [9.17, 15) is 33.8 Å². The number of carbonyl (C=O) groups is 4. The highest BCUT2D eigenvalue weighted by Crippen LogP contribution is 2.33. The van der Waals surface area contributed by atoms with Crippen LogP contribution in [0.25, 0.3) is 0 Å². The minimum absolute atomic E-state index is 0.0228. The summed E-state index contributed by atoms with van der Waals surface area (Å²) in [4.78, 5) is 62.8. The molecule has 0 aliphatic carbocycles. The van der Waals surface area contributed by atoms with Crippen LogP contribution in [-0.2, 0) is 25.6 Å². The highest BCUT2D eigenvalue weighted by Gasteiger charge is 2.40. The van der Waals surface area contributed by atoms with E-state index in [0.29, 0.717) is 23.5 Å². The Balaban J connectivity index is 1.85. The highest BCUT2D eigenvalue weighted by atomic mass is 32.1. The zero-order valence-electron chi connectivity index (χ0n) is 34.8. The van der Waals surface area contributed by atoms with Crippen molar-refractivity contribution in [3.63, 3.8) is 0 Å². The number of benzene rings is 1. The number of aliphatic hydroxyl groups excluding tert-OH is 1. The van der Waals surface area contributed by atoms with Gasteiger partial charge in [0, 0.05) is 30.3 Å². The molecule has 2 heterocycles. The van der Waals surface area contributed by atoms with Crippen LogP contribution in [0.5, 0.6) is 0 Å². The number of thiazole rings is 1. The lowest BCUT2D eigenvalue weighted by atomic mass is 9.80. The molecule has 3 amide bonds. The van der Waals surface area contributed by atoms with Crippen LogP contribution < -0.4 is 16.4 Å². The second-order valence-corrected chi connectivity index (χ2v) is 17.6. The quantitative estimate of drug-likeness (QED) is 0.0467. The maximum Gasteiger partial charge on any atom is 0.309 e. The first-order chi connectivity index (χ1) is 26.4. The normalized spacial score (nSPS) is 17.8. The van der Waals surface area contributed by atoms with E-state index in [4.69, 9.17) is 5.73 Å². The van der Waals surface area contributed by atoms with E-state index in [-0.39, 0.29) is 60.6 Å². The fourth-order valence-electron chi connectivity index (χ4n) is 7.45. The summed E-state index contributed by atoms with van der Waals surface area (Å²) in [5.41, 5.74) is 4.87. The van der Waals surface area contributed by atoms with Crippen molar-refractivity contribution >= 4 is 46.5 Å². The van der Waals surface area contributed by atoms with Gasteiger partial charge in [-0.3, -0.25) is 24.1 Å². The number of amides is 3. The van der Waals surface area contributed by atoms with Crippen molar-refractivity contribution in [2.45, 2.75) is 137 Å². The second kappa shape index (κ2) is 21.8. The van der Waals surface area contributed by atoms with Gasteiger partial charge in [-0.05, 0) is 95.5 Å². The summed E-state index contributed by atoms with van der Waals surface area (Å²) in [6.45, 7) is 14.5. The van der Waals surface area contributed by atoms with E-state index in [1.807, 2.05) is 39.6 Å². The van der Waals surface area contributed by atoms with Gasteiger partial charge in [-0.1, -0.05) is 66.4 Å². The monoisotopic (exact) mass is 802 g/mol. The number of piperidine rings is 1. The summed E-state index contributed by atoms with van der Waals surface area (Å²) in [6, 6.07) is 3.87. The van der Waals surface area contributed by atoms with E-state index < -0.39 is 47.1 Å². The number of unbranched alkanes of at least 4 members (excludes halogenated alkanes) is 3. The molecule has 314 valence electrons. The Bertz CT molecular complexity index is 1600. The number of carbonyl (C=O) groups excluding carboxylic acids is 3. The number of hydrogen-bond donors (Lipinski definition) is 5. The number of nitrogens with two attached hydrogens (primary N) is 1. The summed E-state index contributed by atoms with van der Waals surface area (Å²) >= 11 is 1.17. The van der Waals surface area contributed by atoms with Crippen LogP contribution in [0.2, 0.25) is 0 Å². The van der Waals surface area contributed by atoms with E-state index in [0.717, 1.165) is 51.5 Å². The first-order valence-electron chi connectivity index (χ1n) is 20.4. The van der Waals surface area contributed by atoms with E-state index in [1.165, 1.54) is 37.3 Å². The van der Waals surface area contributed by atoms with Gasteiger partial charge in [-0.25, -0.2) is 9.37 Å². The van der Waals surface area contributed by atoms with Gasteiger partial charge in [0.05, 0.1) is 17.3 Å². The lowest BCUT2D eigenvalue weighted by molar-refractivity contribution is -0.149. The van der Waals surface area contributed by atoms with Crippen LogP contribution >= 0.6 is 11.3 Å². The van der Waals surface area contributed by atoms with E-state index in [1.54, 1.807) is 11.4 Å². The third-order valence-corrected chi connectivity index (χ3v) is 12.3. The predicted molar refractivity (Wildman–Crippen MR) is 220 cm³/mol. The Morgan fingerprint density at radius 1 is 1.11 bits per heavy atom. The number of halogens is 1. The molecule has 0 bridgehead atoms. The number of nitrogen functional groups attached to an aromatic ring is 1. The minimum atomic E-state index is -1.25. The van der Waals surface area contributed by atoms with Crippen molar-refractivity contribution in [1.29, 1.82) is 0 Å². The van der Waals surface area contributed by atoms with Gasteiger partial charge in [-0.2, -0.15) is 0 Å². The number of nitrogens with zero attached hydrogens (tertiary/aromatic N) is 3. The molecule has 6 N–H and O–H groups in total. The molecule has 6 atom stereocenters. The molecule has 2 aromatic rings. The van der Waals surface area contributed by atoms with Crippen LogP contribution in [0, 0.1) is 34.9 Å². The maximum absolute atomic E-state index is 14.7. The van der Waals surface area contributed by atoms with Gasteiger partial charge in [0.25, 0.3) is 0 Å². The fraction of sp³-hybridized carbons (Fsp3) is 0.690. The second-order valence-electron chi connectivity index (χ2n) is 16.7. The van der Waals surface area contributed by atoms with Crippen molar-refractivity contribution < 1.29 is 33.8 Å². The number of anilines is 2. The average Bonchev–Trinajstić information content (AvgIpc) is 3.61. The van der Waals surface area contributed by atoms with Crippen LogP contribution in [0.3, 0.4) is 0 Å². The number of nitrogens with one attached hydrogen (secondary N) is 2. The van der Waals surface area contributed by atoms with Crippen LogP contribution in [0.1, 0.15) is 129 Å². The number of aliphatic carboxylic acids is 1. The van der Waals surface area contributed by atoms with Gasteiger partial charge >= 0.3 is 5.97 Å². The molecule has 0 spiro atoms. The number of carboxylic acids is 1. The van der Waals surface area contributed by atoms with Crippen molar-refractivity contribution in [2.75, 3.05) is 31.2 Å². The van der Waals surface area contributed by atoms with Gasteiger partial charge in [0.2, 0.25) is 17.7 Å². The van der Waals surface area contributed by atoms with Gasteiger partial charge < -0.3 is 31.5 Å². The number of aliphatic hydroxyl groups is 1. The molecule has 12 nitrogen and oxygen atoms in total. The molecule has 1 saturated heterocycles. The smallest absolute Gasteiger partial charge is 0.309 e. The molecule has 1 aromatic heterocycles. The van der Waals surface area contributed by atoms with Crippen LogP contribution in [0.15, 0.2) is 23.6 Å². The van der Waals surface area contributed by atoms with Gasteiger partial charge in [0.15, 0.2) is 0 Å². The Morgan fingerprint density at radius 2 is 1.82 bits per heavy atom. The Hall–Kier alpha value is -3.62. The molecule has 14 heteroatoms. The Labute approximate surface area is 337 Å². The molecule has 1 aromatic carbocycles. The molecule has 0 unspecified atom stereocenters. The van der Waals surface area contributed by atoms with Crippen molar-refractivity contribution in [3.05, 3.63) is 40.0 Å². The van der Waals surface area contributed by atoms with Crippen LogP contribution in [-0.4, -0.2) is 81.0 Å². The SMILES string of the molecule is CCCCCCN(C(=O)[C@H](C(=O)N[C@H]1CCCCN1C)[C@@H](C)CC)[C@H](C[C@@H](O)c1nc(NC(=O)[C@@H](Cc2ccc(N)c(F)c2)CC(C)(C)C(=O)O)cs1)C(C)C. The zero-order valence-corrected chi connectivity index (χ0v) is 35.6. The predicted octanol–water partition coefficient (Wildman–Crippen LogP) is 7.24. The van der Waals surface area contributed by atoms with E-state index >= 15 is 0 Å². The zero-order chi connectivity index (χ0) is 41.7.